The average molecular weight is 297 g/mol. The van der Waals surface area contributed by atoms with Gasteiger partial charge in [-0.15, -0.1) is 0 Å². The van der Waals surface area contributed by atoms with Crippen molar-refractivity contribution in [2.45, 2.75) is 19.4 Å². The Hall–Kier alpha value is -1.29. The molecule has 0 radical (unpaired) electrons. The minimum absolute atomic E-state index is 0.0291. The maximum absolute atomic E-state index is 6.07. The molecule has 3 nitrogen and oxygen atoms in total. The Morgan fingerprint density at radius 2 is 2.11 bits per heavy atom. The van der Waals surface area contributed by atoms with Gasteiger partial charge in [0.2, 0.25) is 5.88 Å². The number of hydrogen-bond donors (Lipinski definition) is 1. The van der Waals surface area contributed by atoms with Gasteiger partial charge in [0.15, 0.2) is 0 Å². The number of hydrogen-bond acceptors (Lipinski definition) is 3. The van der Waals surface area contributed by atoms with Gasteiger partial charge in [-0.05, 0) is 31.5 Å². The Bertz CT molecular complexity index is 573. The molecule has 1 heterocycles. The van der Waals surface area contributed by atoms with Gasteiger partial charge >= 0.3 is 0 Å². The second kappa shape index (κ2) is 6.24. The van der Waals surface area contributed by atoms with Crippen LogP contribution in [0.2, 0.25) is 10.0 Å². The van der Waals surface area contributed by atoms with E-state index >= 15 is 0 Å². The van der Waals surface area contributed by atoms with Crippen molar-refractivity contribution < 1.29 is 4.74 Å². The minimum atomic E-state index is 0.0291. The van der Waals surface area contributed by atoms with Crippen molar-refractivity contribution in [2.24, 2.45) is 5.73 Å². The smallest absolute Gasteiger partial charge is 0.222 e. The fourth-order valence-electron chi connectivity index (χ4n) is 1.68. The molecule has 0 aliphatic rings. The fourth-order valence-corrected chi connectivity index (χ4v) is 2.00. The fraction of sp³-hybridized carbons (Fsp3) is 0.214. The Morgan fingerprint density at radius 1 is 1.32 bits per heavy atom. The molecule has 5 heteroatoms. The summed E-state index contributed by atoms with van der Waals surface area (Å²) >= 11 is 12.0. The zero-order valence-electron chi connectivity index (χ0n) is 10.4. The van der Waals surface area contributed by atoms with Crippen LogP contribution in [-0.2, 0) is 6.42 Å². The molecule has 0 spiro atoms. The number of ether oxygens (including phenoxy) is 1. The van der Waals surface area contributed by atoms with Crippen LogP contribution >= 0.6 is 23.2 Å². The van der Waals surface area contributed by atoms with Gasteiger partial charge in [-0.2, -0.15) is 0 Å². The molecule has 0 bridgehead atoms. The normalized spacial score (nSPS) is 12.2. The molecule has 0 fully saturated rings. The lowest BCUT2D eigenvalue weighted by molar-refractivity contribution is 0.454. The highest BCUT2D eigenvalue weighted by Crippen LogP contribution is 2.32. The first-order valence-corrected chi connectivity index (χ1v) is 6.64. The average Bonchev–Trinajstić information content (AvgIpc) is 2.35. The molecular formula is C14H14Cl2N2O. The van der Waals surface area contributed by atoms with E-state index in [1.165, 1.54) is 0 Å². The molecule has 100 valence electrons. The van der Waals surface area contributed by atoms with Crippen molar-refractivity contribution in [2.75, 3.05) is 0 Å². The van der Waals surface area contributed by atoms with E-state index in [1.54, 1.807) is 24.4 Å². The molecular weight excluding hydrogens is 283 g/mol. The molecule has 1 aromatic heterocycles. The Labute approximate surface area is 122 Å². The largest absolute Gasteiger partial charge is 0.437 e. The van der Waals surface area contributed by atoms with Crippen LogP contribution < -0.4 is 10.5 Å². The lowest BCUT2D eigenvalue weighted by Crippen LogP contribution is -2.18. The zero-order chi connectivity index (χ0) is 13.8. The maximum Gasteiger partial charge on any atom is 0.222 e. The van der Waals surface area contributed by atoms with Gasteiger partial charge in [0.25, 0.3) is 0 Å². The predicted molar refractivity (Wildman–Crippen MR) is 78.1 cm³/mol. The van der Waals surface area contributed by atoms with Crippen molar-refractivity contribution in [1.82, 2.24) is 4.98 Å². The van der Waals surface area contributed by atoms with Crippen LogP contribution in [0.1, 0.15) is 12.5 Å². The molecule has 0 saturated heterocycles. The molecule has 2 rings (SSSR count). The summed E-state index contributed by atoms with van der Waals surface area (Å²) < 4.78 is 5.74. The van der Waals surface area contributed by atoms with Crippen molar-refractivity contribution in [3.05, 3.63) is 52.1 Å². The van der Waals surface area contributed by atoms with Crippen LogP contribution in [0.5, 0.6) is 11.6 Å². The van der Waals surface area contributed by atoms with Gasteiger partial charge in [-0.25, -0.2) is 4.98 Å². The first kappa shape index (κ1) is 14.1. The predicted octanol–water partition coefficient (Wildman–Crippen LogP) is 4.07. The Morgan fingerprint density at radius 3 is 2.84 bits per heavy atom. The number of halogens is 2. The second-order valence-electron chi connectivity index (χ2n) is 4.33. The third-order valence-electron chi connectivity index (χ3n) is 2.49. The van der Waals surface area contributed by atoms with Crippen molar-refractivity contribution in [3.63, 3.8) is 0 Å². The number of nitrogens with zero attached hydrogens (tertiary/aromatic N) is 1. The highest BCUT2D eigenvalue weighted by Gasteiger charge is 2.10. The third-order valence-corrected chi connectivity index (χ3v) is 3.04. The molecule has 0 aliphatic heterocycles. The van der Waals surface area contributed by atoms with Gasteiger partial charge in [0, 0.05) is 28.9 Å². The van der Waals surface area contributed by atoms with E-state index in [0.29, 0.717) is 28.1 Å². The highest BCUT2D eigenvalue weighted by molar-refractivity contribution is 6.34. The van der Waals surface area contributed by atoms with E-state index in [1.807, 2.05) is 19.1 Å². The number of aromatic nitrogens is 1. The summed E-state index contributed by atoms with van der Waals surface area (Å²) in [5, 5.41) is 1.05. The van der Waals surface area contributed by atoms with Crippen molar-refractivity contribution in [3.8, 4) is 11.6 Å². The van der Waals surface area contributed by atoms with E-state index in [-0.39, 0.29) is 6.04 Å². The second-order valence-corrected chi connectivity index (χ2v) is 5.17. The summed E-state index contributed by atoms with van der Waals surface area (Å²) in [7, 11) is 0. The summed E-state index contributed by atoms with van der Waals surface area (Å²) in [6.45, 7) is 1.93. The SMILES string of the molecule is CC(N)Cc1cccnc1Oc1cc(Cl)ccc1Cl. The first-order valence-electron chi connectivity index (χ1n) is 5.88. The summed E-state index contributed by atoms with van der Waals surface area (Å²) in [5.41, 5.74) is 6.75. The molecule has 1 unspecified atom stereocenters. The molecule has 1 atom stereocenters. The number of rotatable bonds is 4. The maximum atomic E-state index is 6.07. The molecule has 19 heavy (non-hydrogen) atoms. The number of pyridine rings is 1. The van der Waals surface area contributed by atoms with E-state index in [2.05, 4.69) is 4.98 Å². The molecule has 2 N–H and O–H groups in total. The van der Waals surface area contributed by atoms with Crippen molar-refractivity contribution >= 4 is 23.2 Å². The Balaban J connectivity index is 2.30. The summed E-state index contributed by atoms with van der Waals surface area (Å²) in [6, 6.07) is 8.87. The van der Waals surface area contributed by atoms with Crippen LogP contribution in [-0.4, -0.2) is 11.0 Å². The standard InChI is InChI=1S/C14H14Cl2N2O/c1-9(17)7-10-3-2-6-18-14(10)19-13-8-11(15)4-5-12(13)16/h2-6,8-9H,7,17H2,1H3. The van der Waals surface area contributed by atoms with Gasteiger partial charge in [0.05, 0.1) is 5.02 Å². The van der Waals surface area contributed by atoms with Crippen LogP contribution in [0.4, 0.5) is 0 Å². The van der Waals surface area contributed by atoms with Gasteiger partial charge in [-0.3, -0.25) is 0 Å². The Kier molecular flexibility index (Phi) is 4.64. The number of benzene rings is 1. The van der Waals surface area contributed by atoms with Gasteiger partial charge in [-0.1, -0.05) is 29.3 Å². The lowest BCUT2D eigenvalue weighted by Gasteiger charge is -2.12. The van der Waals surface area contributed by atoms with E-state index < -0.39 is 0 Å². The quantitative estimate of drug-likeness (QED) is 0.925. The molecule has 1 aromatic carbocycles. The molecule has 0 saturated carbocycles. The molecule has 0 amide bonds. The van der Waals surface area contributed by atoms with Crippen LogP contribution in [0.25, 0.3) is 0 Å². The van der Waals surface area contributed by atoms with E-state index in [4.69, 9.17) is 33.7 Å². The van der Waals surface area contributed by atoms with Crippen LogP contribution in [0.3, 0.4) is 0 Å². The highest BCUT2D eigenvalue weighted by atomic mass is 35.5. The third kappa shape index (κ3) is 3.83. The van der Waals surface area contributed by atoms with Crippen LogP contribution in [0.15, 0.2) is 36.5 Å². The summed E-state index contributed by atoms with van der Waals surface area (Å²) in [6.07, 6.45) is 2.35. The topological polar surface area (TPSA) is 48.1 Å². The molecule has 0 aliphatic carbocycles. The van der Waals surface area contributed by atoms with E-state index in [9.17, 15) is 0 Å². The summed E-state index contributed by atoms with van der Waals surface area (Å²) in [5.74, 6) is 0.989. The lowest BCUT2D eigenvalue weighted by atomic mass is 10.1. The number of nitrogens with two attached hydrogens (primary N) is 1. The first-order chi connectivity index (χ1) is 9.06. The minimum Gasteiger partial charge on any atom is -0.437 e. The van der Waals surface area contributed by atoms with Crippen LogP contribution in [0, 0.1) is 0 Å². The van der Waals surface area contributed by atoms with Gasteiger partial charge in [0.1, 0.15) is 5.75 Å². The monoisotopic (exact) mass is 296 g/mol. The van der Waals surface area contributed by atoms with E-state index in [0.717, 1.165) is 5.56 Å². The zero-order valence-corrected chi connectivity index (χ0v) is 11.9. The summed E-state index contributed by atoms with van der Waals surface area (Å²) in [4.78, 5) is 4.22. The van der Waals surface area contributed by atoms with Crippen molar-refractivity contribution in [1.29, 1.82) is 0 Å². The molecule has 2 aromatic rings. The van der Waals surface area contributed by atoms with Gasteiger partial charge < -0.3 is 10.5 Å².